The van der Waals surface area contributed by atoms with Crippen LogP contribution < -0.4 is 4.74 Å². The van der Waals surface area contributed by atoms with Crippen molar-refractivity contribution in [3.05, 3.63) is 41.5 Å². The van der Waals surface area contributed by atoms with Crippen LogP contribution in [0.5, 0.6) is 5.75 Å². The van der Waals surface area contributed by atoms with Crippen LogP contribution in [0.3, 0.4) is 0 Å². The minimum Gasteiger partial charge on any atom is -0.497 e. The Morgan fingerprint density at radius 2 is 2.21 bits per heavy atom. The van der Waals surface area contributed by atoms with E-state index in [-0.39, 0.29) is 18.0 Å². The maximum atomic E-state index is 11.6. The number of piperidine rings is 1. The summed E-state index contributed by atoms with van der Waals surface area (Å²) in [5.74, 6) is 1.79. The van der Waals surface area contributed by atoms with Crippen molar-refractivity contribution >= 4 is 16.9 Å². The smallest absolute Gasteiger partial charge is 0.307 e. The zero-order valence-corrected chi connectivity index (χ0v) is 16.5. The number of ether oxygens (including phenoxy) is 3. The average molecular weight is 382 g/mol. The molecule has 0 radical (unpaired) electrons. The zero-order valence-electron chi connectivity index (χ0n) is 16.5. The van der Waals surface area contributed by atoms with Crippen molar-refractivity contribution in [3.63, 3.8) is 0 Å². The summed E-state index contributed by atoms with van der Waals surface area (Å²) >= 11 is 0. The van der Waals surface area contributed by atoms with E-state index in [4.69, 9.17) is 14.2 Å². The molecule has 0 aliphatic carbocycles. The Balaban J connectivity index is 1.52. The van der Waals surface area contributed by atoms with E-state index in [2.05, 4.69) is 28.9 Å². The van der Waals surface area contributed by atoms with Crippen molar-refractivity contribution in [3.8, 4) is 5.75 Å². The van der Waals surface area contributed by atoms with E-state index in [1.54, 1.807) is 13.4 Å². The first kappa shape index (κ1) is 17.6. The van der Waals surface area contributed by atoms with Gasteiger partial charge < -0.3 is 19.2 Å². The van der Waals surface area contributed by atoms with Gasteiger partial charge in [-0.25, -0.2) is 0 Å². The number of carbonyl (C=O) groups excluding carboxylic acids is 1. The Labute approximate surface area is 164 Å². The molecule has 1 N–H and O–H groups in total. The molecule has 0 saturated carbocycles. The topological polar surface area (TPSA) is 63.8 Å². The molecule has 2 aromatic rings. The zero-order chi connectivity index (χ0) is 19.4. The van der Waals surface area contributed by atoms with Gasteiger partial charge in [0.25, 0.3) is 0 Å². The first-order chi connectivity index (χ1) is 13.5. The molecule has 1 fully saturated rings. The van der Waals surface area contributed by atoms with Gasteiger partial charge in [0.1, 0.15) is 17.8 Å². The molecule has 1 aromatic carbocycles. The van der Waals surface area contributed by atoms with Gasteiger partial charge in [-0.1, -0.05) is 0 Å². The summed E-state index contributed by atoms with van der Waals surface area (Å²) in [6, 6.07) is 6.56. The lowest BCUT2D eigenvalue weighted by molar-refractivity contribution is -0.141. The molecule has 6 heteroatoms. The molecule has 6 nitrogen and oxygen atoms in total. The minimum absolute atomic E-state index is 0.124. The van der Waals surface area contributed by atoms with Crippen LogP contribution in [0.25, 0.3) is 10.9 Å². The lowest BCUT2D eigenvalue weighted by Gasteiger charge is -2.49. The van der Waals surface area contributed by atoms with Crippen LogP contribution in [0.15, 0.2) is 30.2 Å². The summed E-state index contributed by atoms with van der Waals surface area (Å²) in [5.41, 5.74) is 3.84. The summed E-state index contributed by atoms with van der Waals surface area (Å²) in [7, 11) is 1.70. The summed E-state index contributed by atoms with van der Waals surface area (Å²) in [4.78, 5) is 17.8. The Bertz CT molecular complexity index is 963. The molecule has 28 heavy (non-hydrogen) atoms. The monoisotopic (exact) mass is 382 g/mol. The number of nitrogens with zero attached hydrogens (tertiary/aromatic N) is 1. The minimum atomic E-state index is -0.285. The maximum absolute atomic E-state index is 11.6. The SMILES string of the molecule is COc1ccc2c3c([nH]c2c1)[C@@H]1C[C@@H]2C(OC(C)=O)=COC(C)[C@H]2CN1CC3. The number of hydrogen-bond acceptors (Lipinski definition) is 5. The van der Waals surface area contributed by atoms with Crippen LogP contribution in [-0.2, 0) is 20.7 Å². The molecule has 0 bridgehead atoms. The van der Waals surface area contributed by atoms with Crippen molar-refractivity contribution in [2.75, 3.05) is 20.2 Å². The molecule has 1 saturated heterocycles. The number of nitrogens with one attached hydrogen (secondary N) is 1. The average Bonchev–Trinajstić information content (AvgIpc) is 3.07. The number of allylic oxidation sites excluding steroid dienone is 1. The van der Waals surface area contributed by atoms with Crippen LogP contribution in [-0.4, -0.2) is 42.2 Å². The highest BCUT2D eigenvalue weighted by molar-refractivity contribution is 5.86. The van der Waals surface area contributed by atoms with Gasteiger partial charge in [0.2, 0.25) is 0 Å². The van der Waals surface area contributed by atoms with Gasteiger partial charge in [0, 0.05) is 54.5 Å². The van der Waals surface area contributed by atoms with Gasteiger partial charge in [0.05, 0.1) is 19.3 Å². The molecular formula is C22H26N2O4. The van der Waals surface area contributed by atoms with Crippen LogP contribution >= 0.6 is 0 Å². The second-order valence-electron chi connectivity index (χ2n) is 8.15. The summed E-state index contributed by atoms with van der Waals surface area (Å²) in [6.07, 6.45) is 3.74. The van der Waals surface area contributed by atoms with E-state index >= 15 is 0 Å². The van der Waals surface area contributed by atoms with Gasteiger partial charge in [-0.3, -0.25) is 9.69 Å². The third-order valence-corrected chi connectivity index (χ3v) is 6.64. The fourth-order valence-corrected chi connectivity index (χ4v) is 5.26. The Kier molecular flexibility index (Phi) is 4.12. The number of esters is 1. The number of methoxy groups -OCH3 is 1. The van der Waals surface area contributed by atoms with Crippen molar-refractivity contribution in [2.45, 2.75) is 38.8 Å². The second-order valence-corrected chi connectivity index (χ2v) is 8.15. The van der Waals surface area contributed by atoms with Gasteiger partial charge in [0.15, 0.2) is 0 Å². The van der Waals surface area contributed by atoms with E-state index in [9.17, 15) is 4.79 Å². The standard InChI is InChI=1S/C22H26N2O4/c1-12-18-10-24-7-6-16-15-5-4-14(26-3)8-19(15)23-22(16)20(24)9-17(18)21(11-27-12)28-13(2)25/h4-5,8,11-12,17-18,20,23H,6-7,9-10H2,1-3H3/t12?,17-,18+,20-/m0/s1. The molecule has 0 amide bonds. The number of hydrogen-bond donors (Lipinski definition) is 1. The Hall–Kier alpha value is -2.47. The molecule has 4 atom stereocenters. The highest BCUT2D eigenvalue weighted by atomic mass is 16.6. The van der Waals surface area contributed by atoms with Crippen LogP contribution in [0, 0.1) is 11.8 Å². The number of carbonyl (C=O) groups is 1. The fraction of sp³-hybridized carbons (Fsp3) is 0.500. The third kappa shape index (κ3) is 2.70. The number of aromatic nitrogens is 1. The molecule has 1 unspecified atom stereocenters. The first-order valence-corrected chi connectivity index (χ1v) is 10.0. The number of rotatable bonds is 2. The molecule has 3 aliphatic rings. The predicted molar refractivity (Wildman–Crippen MR) is 105 cm³/mol. The van der Waals surface area contributed by atoms with E-state index in [0.29, 0.717) is 17.7 Å². The normalized spacial score (nSPS) is 29.2. The van der Waals surface area contributed by atoms with E-state index in [0.717, 1.165) is 37.2 Å². The van der Waals surface area contributed by atoms with Crippen molar-refractivity contribution in [1.29, 1.82) is 0 Å². The van der Waals surface area contributed by atoms with E-state index < -0.39 is 0 Å². The summed E-state index contributed by atoms with van der Waals surface area (Å²) in [5, 5.41) is 1.29. The number of benzene rings is 1. The molecule has 148 valence electrons. The third-order valence-electron chi connectivity index (χ3n) is 6.64. The van der Waals surface area contributed by atoms with E-state index in [1.807, 2.05) is 6.07 Å². The van der Waals surface area contributed by atoms with Crippen molar-refractivity contribution in [1.82, 2.24) is 9.88 Å². The lowest BCUT2D eigenvalue weighted by atomic mass is 9.74. The van der Waals surface area contributed by atoms with Gasteiger partial charge in [-0.2, -0.15) is 0 Å². The molecule has 5 rings (SSSR count). The molecule has 1 aromatic heterocycles. The van der Waals surface area contributed by atoms with Crippen LogP contribution in [0.1, 0.15) is 37.6 Å². The lowest BCUT2D eigenvalue weighted by Crippen LogP contribution is -2.51. The highest BCUT2D eigenvalue weighted by Crippen LogP contribution is 2.47. The van der Waals surface area contributed by atoms with Crippen LogP contribution in [0.4, 0.5) is 0 Å². The number of fused-ring (bicyclic) bond motifs is 6. The quantitative estimate of drug-likeness (QED) is 0.805. The second kappa shape index (κ2) is 6.55. The Morgan fingerprint density at radius 1 is 1.36 bits per heavy atom. The van der Waals surface area contributed by atoms with Gasteiger partial charge >= 0.3 is 5.97 Å². The molecular weight excluding hydrogens is 356 g/mol. The van der Waals surface area contributed by atoms with Crippen LogP contribution in [0.2, 0.25) is 0 Å². The summed E-state index contributed by atoms with van der Waals surface area (Å²) in [6.45, 7) is 5.56. The highest BCUT2D eigenvalue weighted by Gasteiger charge is 2.46. The Morgan fingerprint density at radius 3 is 3.00 bits per heavy atom. The van der Waals surface area contributed by atoms with E-state index in [1.165, 1.54) is 23.6 Å². The largest absolute Gasteiger partial charge is 0.497 e. The molecule has 4 heterocycles. The molecule has 3 aliphatic heterocycles. The predicted octanol–water partition coefficient (Wildman–Crippen LogP) is 3.54. The van der Waals surface area contributed by atoms with Crippen molar-refractivity contribution < 1.29 is 19.0 Å². The van der Waals surface area contributed by atoms with Crippen molar-refractivity contribution in [2.24, 2.45) is 11.8 Å². The number of aromatic amines is 1. The maximum Gasteiger partial charge on any atom is 0.307 e. The summed E-state index contributed by atoms with van der Waals surface area (Å²) < 4.78 is 16.7. The fourth-order valence-electron chi connectivity index (χ4n) is 5.26. The molecule has 0 spiro atoms. The van der Waals surface area contributed by atoms with Gasteiger partial charge in [-0.05, 0) is 37.5 Å². The number of H-pyrrole nitrogens is 1. The van der Waals surface area contributed by atoms with Gasteiger partial charge in [-0.15, -0.1) is 0 Å². The first-order valence-electron chi connectivity index (χ1n) is 10.0.